The molecule has 18 heavy (non-hydrogen) atoms. The van der Waals surface area contributed by atoms with Gasteiger partial charge in [-0.1, -0.05) is 23.8 Å². The average Bonchev–Trinajstić information content (AvgIpc) is 2.72. The molecule has 0 saturated carbocycles. The van der Waals surface area contributed by atoms with Gasteiger partial charge in [0.15, 0.2) is 4.34 Å². The van der Waals surface area contributed by atoms with E-state index < -0.39 is 0 Å². The molecule has 0 bridgehead atoms. The minimum Gasteiger partial charge on any atom is -0.466 e. The van der Waals surface area contributed by atoms with Crippen LogP contribution >= 0.6 is 23.1 Å². The largest absolute Gasteiger partial charge is 0.466 e. The molecule has 7 heteroatoms. The maximum atomic E-state index is 11.6. The second-order valence-electron chi connectivity index (χ2n) is 3.93. The van der Waals surface area contributed by atoms with Crippen LogP contribution in [0.2, 0.25) is 0 Å². The Labute approximate surface area is 115 Å². The Bertz CT molecular complexity index is 382. The molecule has 0 spiro atoms. The van der Waals surface area contributed by atoms with Crippen LogP contribution in [0.5, 0.6) is 5.19 Å². The molecule has 0 fully saturated rings. The SMILES string of the molecule is CCCOC(=O)C(C)Sc1nnc(OC(C)C)s1. The van der Waals surface area contributed by atoms with Crippen molar-refractivity contribution in [1.29, 1.82) is 0 Å². The number of nitrogens with zero attached hydrogens (tertiary/aromatic N) is 2. The molecule has 0 N–H and O–H groups in total. The first-order valence-electron chi connectivity index (χ1n) is 5.86. The highest BCUT2D eigenvalue weighted by molar-refractivity contribution is 8.02. The lowest BCUT2D eigenvalue weighted by Gasteiger charge is -2.08. The normalized spacial score (nSPS) is 12.5. The van der Waals surface area contributed by atoms with Crippen LogP contribution in [-0.4, -0.2) is 34.1 Å². The lowest BCUT2D eigenvalue weighted by molar-refractivity contribution is -0.142. The average molecular weight is 290 g/mol. The van der Waals surface area contributed by atoms with Gasteiger partial charge in [0.25, 0.3) is 5.19 Å². The zero-order chi connectivity index (χ0) is 13.5. The zero-order valence-electron chi connectivity index (χ0n) is 11.0. The molecule has 0 aromatic carbocycles. The topological polar surface area (TPSA) is 61.3 Å². The fraction of sp³-hybridized carbons (Fsp3) is 0.727. The second kappa shape index (κ2) is 7.58. The van der Waals surface area contributed by atoms with Crippen LogP contribution in [0.15, 0.2) is 4.34 Å². The quantitative estimate of drug-likeness (QED) is 0.568. The van der Waals surface area contributed by atoms with Gasteiger partial charge >= 0.3 is 5.97 Å². The molecule has 1 heterocycles. The van der Waals surface area contributed by atoms with Crippen molar-refractivity contribution in [3.63, 3.8) is 0 Å². The van der Waals surface area contributed by atoms with Crippen molar-refractivity contribution in [3.8, 4) is 5.19 Å². The second-order valence-corrected chi connectivity index (χ2v) is 6.46. The Morgan fingerprint density at radius 3 is 2.72 bits per heavy atom. The fourth-order valence-electron chi connectivity index (χ4n) is 1.01. The molecule has 1 aromatic rings. The van der Waals surface area contributed by atoms with E-state index in [1.54, 1.807) is 6.92 Å². The van der Waals surface area contributed by atoms with Gasteiger partial charge in [-0.2, -0.15) is 0 Å². The Morgan fingerprint density at radius 1 is 1.39 bits per heavy atom. The van der Waals surface area contributed by atoms with Crippen LogP contribution in [-0.2, 0) is 9.53 Å². The standard InChI is InChI=1S/C11H18N2O3S2/c1-5-6-15-9(14)8(4)17-11-13-12-10(18-11)16-7(2)3/h7-8H,5-6H2,1-4H3. The number of carbonyl (C=O) groups excluding carboxylic acids is 1. The first-order valence-corrected chi connectivity index (χ1v) is 7.56. The van der Waals surface area contributed by atoms with E-state index in [2.05, 4.69) is 10.2 Å². The van der Waals surface area contributed by atoms with E-state index in [-0.39, 0.29) is 17.3 Å². The van der Waals surface area contributed by atoms with Gasteiger partial charge in [0.05, 0.1) is 12.7 Å². The summed E-state index contributed by atoms with van der Waals surface area (Å²) in [5, 5.41) is 8.12. The summed E-state index contributed by atoms with van der Waals surface area (Å²) < 4.78 is 11.2. The van der Waals surface area contributed by atoms with Crippen molar-refractivity contribution in [2.45, 2.75) is 49.8 Å². The van der Waals surface area contributed by atoms with Crippen LogP contribution in [0.25, 0.3) is 0 Å². The summed E-state index contributed by atoms with van der Waals surface area (Å²) >= 11 is 2.68. The predicted octanol–water partition coefficient (Wildman–Crippen LogP) is 2.76. The van der Waals surface area contributed by atoms with Crippen molar-refractivity contribution in [2.24, 2.45) is 0 Å². The zero-order valence-corrected chi connectivity index (χ0v) is 12.6. The Morgan fingerprint density at radius 2 is 2.11 bits per heavy atom. The minimum atomic E-state index is -0.281. The third-order valence-electron chi connectivity index (χ3n) is 1.78. The van der Waals surface area contributed by atoms with Gasteiger partial charge in [-0.05, 0) is 38.5 Å². The first-order chi connectivity index (χ1) is 8.52. The van der Waals surface area contributed by atoms with E-state index in [9.17, 15) is 4.79 Å². The number of carbonyl (C=O) groups is 1. The highest BCUT2D eigenvalue weighted by atomic mass is 32.2. The number of hydrogen-bond donors (Lipinski definition) is 0. The first kappa shape index (κ1) is 15.2. The van der Waals surface area contributed by atoms with E-state index in [1.807, 2.05) is 20.8 Å². The summed E-state index contributed by atoms with van der Waals surface area (Å²) in [6, 6.07) is 0. The van der Waals surface area contributed by atoms with Gasteiger partial charge in [0, 0.05) is 0 Å². The maximum absolute atomic E-state index is 11.6. The van der Waals surface area contributed by atoms with Gasteiger partial charge in [0.1, 0.15) is 5.25 Å². The predicted molar refractivity (Wildman–Crippen MR) is 72.2 cm³/mol. The number of rotatable bonds is 7. The molecule has 0 amide bonds. The lowest BCUT2D eigenvalue weighted by Crippen LogP contribution is -2.17. The summed E-state index contributed by atoms with van der Waals surface area (Å²) in [4.78, 5) is 11.6. The van der Waals surface area contributed by atoms with Crippen molar-refractivity contribution in [2.75, 3.05) is 6.61 Å². The number of hydrogen-bond acceptors (Lipinski definition) is 7. The monoisotopic (exact) mass is 290 g/mol. The van der Waals surface area contributed by atoms with Crippen LogP contribution < -0.4 is 4.74 Å². The molecule has 0 radical (unpaired) electrons. The van der Waals surface area contributed by atoms with Crippen LogP contribution in [0, 0.1) is 0 Å². The van der Waals surface area contributed by atoms with Crippen molar-refractivity contribution in [1.82, 2.24) is 10.2 Å². The molecular weight excluding hydrogens is 272 g/mol. The van der Waals surface area contributed by atoms with E-state index >= 15 is 0 Å². The number of ether oxygens (including phenoxy) is 2. The number of aromatic nitrogens is 2. The Kier molecular flexibility index (Phi) is 6.42. The molecule has 1 unspecified atom stereocenters. The number of thioether (sulfide) groups is 1. The van der Waals surface area contributed by atoms with Crippen LogP contribution in [0.3, 0.4) is 0 Å². The summed E-state index contributed by atoms with van der Waals surface area (Å²) in [5.74, 6) is -0.219. The number of esters is 1. The van der Waals surface area contributed by atoms with E-state index in [0.717, 1.165) is 6.42 Å². The minimum absolute atomic E-state index is 0.0720. The molecule has 102 valence electrons. The van der Waals surface area contributed by atoms with Crippen LogP contribution in [0.1, 0.15) is 34.1 Å². The van der Waals surface area contributed by atoms with E-state index in [4.69, 9.17) is 9.47 Å². The van der Waals surface area contributed by atoms with Gasteiger partial charge in [-0.3, -0.25) is 4.79 Å². The smallest absolute Gasteiger partial charge is 0.319 e. The molecule has 0 aliphatic rings. The third kappa shape index (κ3) is 5.22. The van der Waals surface area contributed by atoms with Gasteiger partial charge in [-0.25, -0.2) is 0 Å². The Hall–Kier alpha value is -0.820. The van der Waals surface area contributed by atoms with Crippen molar-refractivity contribution < 1.29 is 14.3 Å². The van der Waals surface area contributed by atoms with Crippen LogP contribution in [0.4, 0.5) is 0 Å². The summed E-state index contributed by atoms with van der Waals surface area (Å²) in [5.41, 5.74) is 0. The molecule has 0 aliphatic carbocycles. The molecule has 5 nitrogen and oxygen atoms in total. The van der Waals surface area contributed by atoms with Crippen molar-refractivity contribution >= 4 is 29.1 Å². The molecule has 1 aromatic heterocycles. The van der Waals surface area contributed by atoms with Gasteiger partial charge < -0.3 is 9.47 Å². The molecule has 0 saturated heterocycles. The summed E-state index contributed by atoms with van der Waals surface area (Å²) in [7, 11) is 0. The van der Waals surface area contributed by atoms with E-state index in [0.29, 0.717) is 16.1 Å². The molecule has 1 atom stereocenters. The van der Waals surface area contributed by atoms with Gasteiger partial charge in [-0.15, -0.1) is 5.10 Å². The van der Waals surface area contributed by atoms with Gasteiger partial charge in [0.2, 0.25) is 0 Å². The summed E-state index contributed by atoms with van der Waals surface area (Å²) in [6.07, 6.45) is 0.900. The molecule has 1 rings (SSSR count). The Balaban J connectivity index is 2.46. The summed E-state index contributed by atoms with van der Waals surface area (Å²) in [6.45, 7) is 8.08. The highest BCUT2D eigenvalue weighted by Gasteiger charge is 2.18. The maximum Gasteiger partial charge on any atom is 0.319 e. The lowest BCUT2D eigenvalue weighted by atomic mass is 10.5. The molecule has 0 aliphatic heterocycles. The third-order valence-corrected chi connectivity index (χ3v) is 3.76. The van der Waals surface area contributed by atoms with Crippen molar-refractivity contribution in [3.05, 3.63) is 0 Å². The fourth-order valence-corrected chi connectivity index (χ4v) is 2.96. The molecular formula is C11H18N2O3S2. The highest BCUT2D eigenvalue weighted by Crippen LogP contribution is 2.30. The van der Waals surface area contributed by atoms with E-state index in [1.165, 1.54) is 23.1 Å².